The van der Waals surface area contributed by atoms with Crippen LogP contribution in [0, 0.1) is 0 Å². The quantitative estimate of drug-likeness (QED) is 0.750. The lowest BCUT2D eigenvalue weighted by Gasteiger charge is -2.31. The van der Waals surface area contributed by atoms with E-state index in [2.05, 4.69) is 17.3 Å². The first-order valence-electron chi connectivity index (χ1n) is 7.04. The Kier molecular flexibility index (Phi) is 6.49. The second kappa shape index (κ2) is 7.64. The number of carbonyl (C=O) groups is 1. The summed E-state index contributed by atoms with van der Waals surface area (Å²) >= 11 is 5.88. The van der Waals surface area contributed by atoms with E-state index in [1.807, 2.05) is 20.8 Å². The normalized spacial score (nSPS) is 15.7. The Balaban J connectivity index is 2.80. The molecule has 0 aromatic carbocycles. The third-order valence-electron chi connectivity index (χ3n) is 3.22. The highest BCUT2D eigenvalue weighted by Gasteiger charge is 2.36. The lowest BCUT2D eigenvalue weighted by Crippen LogP contribution is -2.52. The van der Waals surface area contributed by atoms with Gasteiger partial charge < -0.3 is 10.1 Å². The Morgan fingerprint density at radius 2 is 2.30 bits per heavy atom. The van der Waals surface area contributed by atoms with E-state index in [0.29, 0.717) is 18.1 Å². The molecule has 2 atom stereocenters. The third kappa shape index (κ3) is 4.49. The number of nitrogens with one attached hydrogen (secondary N) is 1. The molecule has 1 heterocycles. The van der Waals surface area contributed by atoms with Gasteiger partial charge in [0.2, 0.25) is 0 Å². The van der Waals surface area contributed by atoms with Crippen molar-refractivity contribution < 1.29 is 9.53 Å². The molecule has 0 amide bonds. The molecule has 20 heavy (non-hydrogen) atoms. The number of carbonyl (C=O) groups excluding carboxylic acids is 1. The summed E-state index contributed by atoms with van der Waals surface area (Å²) < 4.78 is 6.96. The Hall–Kier alpha value is -1.07. The molecule has 0 aliphatic heterocycles. The number of hydrogen-bond acceptors (Lipinski definition) is 4. The Labute approximate surface area is 125 Å². The molecule has 0 fully saturated rings. The molecule has 0 saturated carbocycles. The summed E-state index contributed by atoms with van der Waals surface area (Å²) in [4.78, 5) is 12.2. The number of aromatic nitrogens is 2. The van der Waals surface area contributed by atoms with Crippen LogP contribution in [-0.4, -0.2) is 34.4 Å². The number of rotatable bonds is 8. The van der Waals surface area contributed by atoms with Crippen molar-refractivity contribution >= 4 is 17.6 Å². The minimum Gasteiger partial charge on any atom is -0.465 e. The zero-order chi connectivity index (χ0) is 15.2. The second-order valence-electron chi connectivity index (χ2n) is 5.17. The smallest absolute Gasteiger partial charge is 0.326 e. The number of nitrogens with zero attached hydrogens (tertiary/aromatic N) is 2. The van der Waals surface area contributed by atoms with E-state index in [0.717, 1.165) is 13.0 Å². The monoisotopic (exact) mass is 301 g/mol. The molecule has 0 radical (unpaired) electrons. The lowest BCUT2D eigenvalue weighted by atomic mass is 9.93. The molecular formula is C14H24ClN3O2. The van der Waals surface area contributed by atoms with Gasteiger partial charge >= 0.3 is 5.97 Å². The minimum absolute atomic E-state index is 0.0428. The summed E-state index contributed by atoms with van der Waals surface area (Å²) in [6, 6.07) is 0.0428. The van der Waals surface area contributed by atoms with Crippen LogP contribution in [0.15, 0.2) is 12.4 Å². The van der Waals surface area contributed by atoms with Crippen molar-refractivity contribution in [2.24, 2.45) is 0 Å². The molecular weight excluding hydrogens is 278 g/mol. The van der Waals surface area contributed by atoms with E-state index in [4.69, 9.17) is 16.3 Å². The van der Waals surface area contributed by atoms with Crippen LogP contribution in [0.4, 0.5) is 0 Å². The van der Waals surface area contributed by atoms with Gasteiger partial charge in [-0.2, -0.15) is 5.10 Å². The molecule has 0 saturated heterocycles. The van der Waals surface area contributed by atoms with Gasteiger partial charge in [-0.25, -0.2) is 0 Å². The van der Waals surface area contributed by atoms with Crippen molar-refractivity contribution in [1.29, 1.82) is 0 Å². The topological polar surface area (TPSA) is 56.2 Å². The first-order valence-corrected chi connectivity index (χ1v) is 7.42. The third-order valence-corrected chi connectivity index (χ3v) is 3.41. The molecule has 1 N–H and O–H groups in total. The van der Waals surface area contributed by atoms with E-state index >= 15 is 0 Å². The van der Waals surface area contributed by atoms with E-state index in [9.17, 15) is 4.79 Å². The molecule has 5 nitrogen and oxygen atoms in total. The van der Waals surface area contributed by atoms with Gasteiger partial charge in [0, 0.05) is 6.20 Å². The highest BCUT2D eigenvalue weighted by atomic mass is 35.5. The van der Waals surface area contributed by atoms with Crippen LogP contribution in [-0.2, 0) is 9.53 Å². The maximum Gasteiger partial charge on any atom is 0.326 e. The molecule has 1 aromatic rings. The maximum atomic E-state index is 12.2. The summed E-state index contributed by atoms with van der Waals surface area (Å²) in [5, 5.41) is 8.07. The fourth-order valence-electron chi connectivity index (χ4n) is 2.16. The van der Waals surface area contributed by atoms with E-state index in [1.54, 1.807) is 17.1 Å². The van der Waals surface area contributed by atoms with Crippen LogP contribution in [0.1, 0.15) is 46.6 Å². The number of esters is 1. The summed E-state index contributed by atoms with van der Waals surface area (Å²) in [6.07, 6.45) is 4.90. The predicted molar refractivity (Wildman–Crippen MR) is 79.9 cm³/mol. The van der Waals surface area contributed by atoms with Gasteiger partial charge in [0.25, 0.3) is 0 Å². The average molecular weight is 302 g/mol. The fourth-order valence-corrected chi connectivity index (χ4v) is 2.30. The molecule has 0 aliphatic carbocycles. The Morgan fingerprint density at radius 1 is 1.60 bits per heavy atom. The van der Waals surface area contributed by atoms with Crippen LogP contribution in [0.2, 0.25) is 5.02 Å². The SMILES string of the molecule is CCCNC(C)(CC(C)n1cc(Cl)cn1)C(=O)OCC. The van der Waals surface area contributed by atoms with Gasteiger partial charge in [0.1, 0.15) is 5.54 Å². The summed E-state index contributed by atoms with van der Waals surface area (Å²) in [5.74, 6) is -0.224. The van der Waals surface area contributed by atoms with Crippen molar-refractivity contribution in [3.8, 4) is 0 Å². The molecule has 0 bridgehead atoms. The summed E-state index contributed by atoms with van der Waals surface area (Å²) in [6.45, 7) is 8.91. The molecule has 1 rings (SSSR count). The van der Waals surface area contributed by atoms with E-state index < -0.39 is 5.54 Å². The minimum atomic E-state index is -0.718. The molecule has 0 spiro atoms. The van der Waals surface area contributed by atoms with Crippen LogP contribution in [0.3, 0.4) is 0 Å². The zero-order valence-corrected chi connectivity index (χ0v) is 13.4. The Bertz CT molecular complexity index is 436. The van der Waals surface area contributed by atoms with E-state index in [1.165, 1.54) is 0 Å². The van der Waals surface area contributed by atoms with Gasteiger partial charge in [0.15, 0.2) is 0 Å². The highest BCUT2D eigenvalue weighted by molar-refractivity contribution is 6.30. The van der Waals surface area contributed by atoms with Gasteiger partial charge in [-0.3, -0.25) is 9.48 Å². The van der Waals surface area contributed by atoms with Gasteiger partial charge in [-0.1, -0.05) is 18.5 Å². The van der Waals surface area contributed by atoms with Gasteiger partial charge in [-0.15, -0.1) is 0 Å². The Morgan fingerprint density at radius 3 is 2.80 bits per heavy atom. The molecule has 2 unspecified atom stereocenters. The average Bonchev–Trinajstić information content (AvgIpc) is 2.83. The maximum absolute atomic E-state index is 12.2. The van der Waals surface area contributed by atoms with Crippen molar-refractivity contribution in [3.05, 3.63) is 17.4 Å². The first kappa shape index (κ1) is 17.0. The molecule has 114 valence electrons. The standard InChI is InChI=1S/C14H24ClN3O2/c1-5-7-16-14(4,13(19)20-6-2)8-11(3)18-10-12(15)9-17-18/h9-11,16H,5-8H2,1-4H3. The number of hydrogen-bond donors (Lipinski definition) is 1. The second-order valence-corrected chi connectivity index (χ2v) is 5.61. The molecule has 1 aromatic heterocycles. The lowest BCUT2D eigenvalue weighted by molar-refractivity contribution is -0.151. The van der Waals surface area contributed by atoms with Crippen LogP contribution in [0.5, 0.6) is 0 Å². The summed E-state index contributed by atoms with van der Waals surface area (Å²) in [7, 11) is 0. The zero-order valence-electron chi connectivity index (χ0n) is 12.6. The predicted octanol–water partition coefficient (Wildman–Crippen LogP) is 2.81. The highest BCUT2D eigenvalue weighted by Crippen LogP contribution is 2.23. The van der Waals surface area contributed by atoms with E-state index in [-0.39, 0.29) is 12.0 Å². The van der Waals surface area contributed by atoms with Gasteiger partial charge in [-0.05, 0) is 40.2 Å². The van der Waals surface area contributed by atoms with Crippen molar-refractivity contribution in [3.63, 3.8) is 0 Å². The molecule has 0 aliphatic rings. The van der Waals surface area contributed by atoms with Crippen molar-refractivity contribution in [2.75, 3.05) is 13.2 Å². The van der Waals surface area contributed by atoms with Crippen molar-refractivity contribution in [1.82, 2.24) is 15.1 Å². The van der Waals surface area contributed by atoms with Gasteiger partial charge in [0.05, 0.1) is 23.9 Å². The summed E-state index contributed by atoms with van der Waals surface area (Å²) in [5.41, 5.74) is -0.718. The van der Waals surface area contributed by atoms with Crippen LogP contribution >= 0.6 is 11.6 Å². The fraction of sp³-hybridized carbons (Fsp3) is 0.714. The van der Waals surface area contributed by atoms with Crippen LogP contribution < -0.4 is 5.32 Å². The van der Waals surface area contributed by atoms with Crippen molar-refractivity contribution in [2.45, 2.75) is 52.1 Å². The number of halogens is 1. The first-order chi connectivity index (χ1) is 9.42. The molecule has 6 heteroatoms. The van der Waals surface area contributed by atoms with Crippen LogP contribution in [0.25, 0.3) is 0 Å². The number of ether oxygens (including phenoxy) is 1. The largest absolute Gasteiger partial charge is 0.465 e.